The van der Waals surface area contributed by atoms with Gasteiger partial charge in [-0.05, 0) is 31.0 Å². The van der Waals surface area contributed by atoms with E-state index in [9.17, 15) is 0 Å². The molecule has 112 valence electrons. The summed E-state index contributed by atoms with van der Waals surface area (Å²) >= 11 is 0. The highest BCUT2D eigenvalue weighted by atomic mass is 16.5. The van der Waals surface area contributed by atoms with Crippen LogP contribution in [0.2, 0.25) is 0 Å². The van der Waals surface area contributed by atoms with Crippen LogP contribution in [0, 0.1) is 11.3 Å². The molecule has 6 nitrogen and oxygen atoms in total. The van der Waals surface area contributed by atoms with Crippen LogP contribution in [0.1, 0.15) is 30.3 Å². The van der Waals surface area contributed by atoms with Gasteiger partial charge in [0.25, 0.3) is 0 Å². The zero-order valence-electron chi connectivity index (χ0n) is 12.3. The first-order valence-electron chi connectivity index (χ1n) is 7.03. The van der Waals surface area contributed by atoms with E-state index >= 15 is 0 Å². The third-order valence-corrected chi connectivity index (χ3v) is 3.70. The van der Waals surface area contributed by atoms with E-state index in [1.54, 1.807) is 12.1 Å². The molecule has 1 aliphatic carbocycles. The Balaban J connectivity index is 2.21. The minimum Gasteiger partial charge on any atom is -0.483 e. The van der Waals surface area contributed by atoms with E-state index in [1.165, 1.54) is 13.3 Å². The van der Waals surface area contributed by atoms with Gasteiger partial charge in [-0.2, -0.15) is 5.26 Å². The molecule has 0 atom stereocenters. The zero-order chi connectivity index (χ0) is 15.7. The van der Waals surface area contributed by atoms with Gasteiger partial charge in [-0.15, -0.1) is 0 Å². The van der Waals surface area contributed by atoms with Crippen molar-refractivity contribution in [2.45, 2.75) is 18.9 Å². The second kappa shape index (κ2) is 5.45. The van der Waals surface area contributed by atoms with Crippen molar-refractivity contribution >= 4 is 16.6 Å². The van der Waals surface area contributed by atoms with Crippen LogP contribution in [0.3, 0.4) is 0 Å². The van der Waals surface area contributed by atoms with Gasteiger partial charge in [-0.3, -0.25) is 0 Å². The van der Waals surface area contributed by atoms with Crippen LogP contribution in [0.4, 0.5) is 0 Å². The summed E-state index contributed by atoms with van der Waals surface area (Å²) in [5.74, 6) is 1.01. The van der Waals surface area contributed by atoms with Crippen molar-refractivity contribution < 1.29 is 4.74 Å². The lowest BCUT2D eigenvalue weighted by Gasteiger charge is -2.09. The molecule has 1 fully saturated rings. The van der Waals surface area contributed by atoms with Crippen LogP contribution in [-0.4, -0.2) is 16.7 Å². The van der Waals surface area contributed by atoms with E-state index in [0.717, 1.165) is 29.7 Å². The van der Waals surface area contributed by atoms with E-state index in [-0.39, 0.29) is 5.88 Å². The molecule has 2 aromatic rings. The third kappa shape index (κ3) is 2.37. The molecule has 0 radical (unpaired) electrons. The van der Waals surface area contributed by atoms with Crippen molar-refractivity contribution in [3.63, 3.8) is 0 Å². The van der Waals surface area contributed by atoms with Gasteiger partial charge in [-0.25, -0.2) is 4.98 Å². The fourth-order valence-electron chi connectivity index (χ4n) is 2.47. The molecule has 1 aromatic carbocycles. The molecule has 0 amide bonds. The number of nitrogens with zero attached hydrogens (tertiary/aromatic N) is 3. The van der Waals surface area contributed by atoms with Crippen molar-refractivity contribution in [1.29, 1.82) is 5.26 Å². The number of aromatic nitrogens is 2. The Labute approximate surface area is 128 Å². The highest BCUT2D eigenvalue weighted by Gasteiger charge is 2.29. The largest absolute Gasteiger partial charge is 0.483 e. The summed E-state index contributed by atoms with van der Waals surface area (Å²) in [5.41, 5.74) is 14.6. The fourth-order valence-corrected chi connectivity index (χ4v) is 2.47. The first-order valence-corrected chi connectivity index (χ1v) is 7.03. The van der Waals surface area contributed by atoms with Crippen LogP contribution >= 0.6 is 0 Å². The van der Waals surface area contributed by atoms with Crippen molar-refractivity contribution in [1.82, 2.24) is 9.55 Å². The van der Waals surface area contributed by atoms with Crippen LogP contribution in [-0.2, 0) is 4.74 Å². The Kier molecular flexibility index (Phi) is 3.47. The first-order chi connectivity index (χ1) is 10.7. The number of allylic oxidation sites excluding steroid dienone is 2. The maximum atomic E-state index is 9.10. The molecule has 1 aromatic heterocycles. The average Bonchev–Trinajstić information content (AvgIpc) is 3.31. The highest BCUT2D eigenvalue weighted by Crippen LogP contribution is 2.40. The number of hydrogen-bond donors (Lipinski definition) is 2. The molecular formula is C16H17N5O. The van der Waals surface area contributed by atoms with E-state index in [1.807, 2.05) is 12.1 Å². The molecule has 1 aliphatic rings. The van der Waals surface area contributed by atoms with E-state index in [2.05, 4.69) is 15.6 Å². The lowest BCUT2D eigenvalue weighted by molar-refractivity contribution is 0.288. The number of benzene rings is 1. The summed E-state index contributed by atoms with van der Waals surface area (Å²) in [6.07, 6.45) is 5.32. The molecule has 0 aliphatic heterocycles. The number of methoxy groups -OCH3 is 1. The standard InChI is InChI=1S/C16H17N5O/c1-22-15(19)7-11(9-18)16-20-13-5-2-10(8-17)6-14(13)21(16)12-3-4-12/h2,5-7,9,12H,3-4,18-19H2,1H3/b11-9+,15-7+. The summed E-state index contributed by atoms with van der Waals surface area (Å²) in [5, 5.41) is 9.10. The van der Waals surface area contributed by atoms with Gasteiger partial charge >= 0.3 is 0 Å². The maximum Gasteiger partial charge on any atom is 0.184 e. The third-order valence-electron chi connectivity index (χ3n) is 3.70. The Bertz CT molecular complexity index is 821. The summed E-state index contributed by atoms with van der Waals surface area (Å²) in [6.45, 7) is 0. The molecular weight excluding hydrogens is 278 g/mol. The topological polar surface area (TPSA) is 103 Å². The summed E-state index contributed by atoms with van der Waals surface area (Å²) in [4.78, 5) is 4.66. The lowest BCUT2D eigenvalue weighted by atomic mass is 10.2. The summed E-state index contributed by atoms with van der Waals surface area (Å²) in [6, 6.07) is 8.04. The van der Waals surface area contributed by atoms with Crippen molar-refractivity contribution in [3.8, 4) is 6.07 Å². The van der Waals surface area contributed by atoms with Crippen molar-refractivity contribution in [2.24, 2.45) is 11.5 Å². The Morgan fingerprint density at radius 1 is 1.50 bits per heavy atom. The molecule has 0 saturated heterocycles. The minimum atomic E-state index is 0.267. The van der Waals surface area contributed by atoms with Gasteiger partial charge in [-0.1, -0.05) is 0 Å². The molecule has 1 saturated carbocycles. The van der Waals surface area contributed by atoms with Crippen LogP contribution in [0.15, 0.2) is 36.4 Å². The molecule has 1 heterocycles. The maximum absolute atomic E-state index is 9.10. The molecule has 4 N–H and O–H groups in total. The van der Waals surface area contributed by atoms with Crippen LogP contribution in [0.5, 0.6) is 0 Å². The van der Waals surface area contributed by atoms with Gasteiger partial charge in [0.05, 0.1) is 29.8 Å². The number of nitrogens with two attached hydrogens (primary N) is 2. The first kappa shape index (κ1) is 14.0. The molecule has 0 unspecified atom stereocenters. The van der Waals surface area contributed by atoms with Crippen LogP contribution < -0.4 is 11.5 Å². The minimum absolute atomic E-state index is 0.267. The predicted molar refractivity (Wildman–Crippen MR) is 84.2 cm³/mol. The number of fused-ring (bicyclic) bond motifs is 1. The number of rotatable bonds is 4. The Hall–Kier alpha value is -2.94. The van der Waals surface area contributed by atoms with E-state index in [0.29, 0.717) is 17.2 Å². The number of hydrogen-bond acceptors (Lipinski definition) is 5. The SMILES string of the molecule is CO/C(N)=C/C(=C\N)c1nc2ccc(C#N)cc2n1C1CC1. The van der Waals surface area contributed by atoms with Crippen molar-refractivity contribution in [3.05, 3.63) is 47.7 Å². The lowest BCUT2D eigenvalue weighted by Crippen LogP contribution is -2.05. The van der Waals surface area contributed by atoms with Gasteiger partial charge in [0.2, 0.25) is 0 Å². The summed E-state index contributed by atoms with van der Waals surface area (Å²) in [7, 11) is 1.50. The summed E-state index contributed by atoms with van der Waals surface area (Å²) < 4.78 is 7.13. The number of nitriles is 1. The average molecular weight is 295 g/mol. The molecule has 3 rings (SSSR count). The van der Waals surface area contributed by atoms with E-state index < -0.39 is 0 Å². The highest BCUT2D eigenvalue weighted by molar-refractivity contribution is 5.83. The number of imidazole rings is 1. The Morgan fingerprint density at radius 3 is 2.86 bits per heavy atom. The second-order valence-corrected chi connectivity index (χ2v) is 5.22. The monoisotopic (exact) mass is 295 g/mol. The molecule has 6 heteroatoms. The van der Waals surface area contributed by atoms with E-state index in [4.69, 9.17) is 21.5 Å². The molecule has 0 spiro atoms. The molecule has 0 bridgehead atoms. The second-order valence-electron chi connectivity index (χ2n) is 5.22. The molecule has 22 heavy (non-hydrogen) atoms. The van der Waals surface area contributed by atoms with Crippen LogP contribution in [0.25, 0.3) is 16.6 Å². The van der Waals surface area contributed by atoms with Gasteiger partial charge < -0.3 is 20.8 Å². The van der Waals surface area contributed by atoms with Crippen molar-refractivity contribution in [2.75, 3.05) is 7.11 Å². The van der Waals surface area contributed by atoms with Gasteiger partial charge in [0, 0.05) is 23.9 Å². The number of ether oxygens (including phenoxy) is 1. The predicted octanol–water partition coefficient (Wildman–Crippen LogP) is 1.99. The zero-order valence-corrected chi connectivity index (χ0v) is 12.3. The smallest absolute Gasteiger partial charge is 0.184 e. The van der Waals surface area contributed by atoms with Gasteiger partial charge in [0.15, 0.2) is 5.88 Å². The normalized spacial score (nSPS) is 15.8. The Morgan fingerprint density at radius 2 is 2.27 bits per heavy atom. The quantitative estimate of drug-likeness (QED) is 0.663. The fraction of sp³-hybridized carbons (Fsp3) is 0.250. The van der Waals surface area contributed by atoms with Gasteiger partial charge in [0.1, 0.15) is 5.82 Å².